The highest BCUT2D eigenvalue weighted by atomic mass is 35.5. The van der Waals surface area contributed by atoms with E-state index in [1.807, 2.05) is 6.07 Å². The lowest BCUT2D eigenvalue weighted by molar-refractivity contribution is -0.160. The third kappa shape index (κ3) is 6.52. The predicted octanol–water partition coefficient (Wildman–Crippen LogP) is 4.08. The van der Waals surface area contributed by atoms with Crippen molar-refractivity contribution in [3.8, 4) is 11.3 Å². The van der Waals surface area contributed by atoms with Crippen molar-refractivity contribution in [1.82, 2.24) is 10.3 Å². The Bertz CT molecular complexity index is 783. The minimum Gasteiger partial charge on any atom is -0.440 e. The minimum atomic E-state index is -4.60. The van der Waals surface area contributed by atoms with Crippen LogP contribution in [0.1, 0.15) is 6.42 Å². The van der Waals surface area contributed by atoms with Gasteiger partial charge in [-0.1, -0.05) is 29.8 Å². The third-order valence-corrected chi connectivity index (χ3v) is 3.98. The summed E-state index contributed by atoms with van der Waals surface area (Å²) in [6.07, 6.45) is -5.99. The summed E-state index contributed by atoms with van der Waals surface area (Å²) in [6, 6.07) is 7.10. The fourth-order valence-electron chi connectivity index (χ4n) is 1.78. The number of nitrogens with zero attached hydrogens (tertiary/aromatic N) is 1. The number of carbonyl (C=O) groups is 2. The quantitative estimate of drug-likeness (QED) is 0.756. The number of aromatic nitrogens is 1. The maximum absolute atomic E-state index is 11.9. The van der Waals surface area contributed by atoms with Gasteiger partial charge in [-0.05, 0) is 6.07 Å². The molecule has 140 valence electrons. The second kappa shape index (κ2) is 8.86. The summed E-state index contributed by atoms with van der Waals surface area (Å²) in [5.74, 6) is -0.457. The molecule has 0 atom stereocenters. The summed E-state index contributed by atoms with van der Waals surface area (Å²) in [4.78, 5) is 27.1. The molecule has 2 amide bonds. The molecule has 2 rings (SSSR count). The number of ether oxygens (including phenoxy) is 1. The smallest absolute Gasteiger partial charge is 0.422 e. The molecule has 0 aliphatic carbocycles. The van der Waals surface area contributed by atoms with Gasteiger partial charge in [0.2, 0.25) is 5.91 Å². The largest absolute Gasteiger partial charge is 0.440 e. The first kappa shape index (κ1) is 20.0. The van der Waals surface area contributed by atoms with Crippen molar-refractivity contribution in [3.05, 3.63) is 34.7 Å². The normalized spacial score (nSPS) is 11.1. The minimum absolute atomic E-state index is 0.151. The first-order valence-corrected chi connectivity index (χ1v) is 8.48. The van der Waals surface area contributed by atoms with Gasteiger partial charge in [-0.15, -0.1) is 11.3 Å². The van der Waals surface area contributed by atoms with Crippen molar-refractivity contribution in [1.29, 1.82) is 0 Å². The van der Waals surface area contributed by atoms with Crippen LogP contribution < -0.4 is 10.6 Å². The second-order valence-corrected chi connectivity index (χ2v) is 6.20. The van der Waals surface area contributed by atoms with Gasteiger partial charge in [0.1, 0.15) is 0 Å². The fourth-order valence-corrected chi connectivity index (χ4v) is 2.74. The Morgan fingerprint density at radius 3 is 2.69 bits per heavy atom. The van der Waals surface area contributed by atoms with Crippen LogP contribution in [0.2, 0.25) is 5.02 Å². The van der Waals surface area contributed by atoms with Gasteiger partial charge in [0, 0.05) is 28.9 Å². The van der Waals surface area contributed by atoms with Crippen molar-refractivity contribution in [2.24, 2.45) is 0 Å². The maximum Gasteiger partial charge on any atom is 0.422 e. The van der Waals surface area contributed by atoms with Gasteiger partial charge in [0.15, 0.2) is 11.7 Å². The predicted molar refractivity (Wildman–Crippen MR) is 91.2 cm³/mol. The molecule has 2 N–H and O–H groups in total. The maximum atomic E-state index is 11.9. The number of halogens is 4. The number of anilines is 1. The number of benzene rings is 1. The van der Waals surface area contributed by atoms with E-state index in [0.717, 1.165) is 5.56 Å². The molecule has 0 aliphatic heterocycles. The zero-order valence-electron chi connectivity index (χ0n) is 13.1. The van der Waals surface area contributed by atoms with Crippen LogP contribution in [0.25, 0.3) is 11.3 Å². The SMILES string of the molecule is O=C(CCNC(=O)OCC(F)(F)F)Nc1nc(-c2ccccc2Cl)cs1. The van der Waals surface area contributed by atoms with Crippen molar-refractivity contribution >= 4 is 40.1 Å². The van der Waals surface area contributed by atoms with E-state index in [9.17, 15) is 22.8 Å². The molecule has 0 saturated carbocycles. The number of alkyl halides is 3. The van der Waals surface area contributed by atoms with Crippen molar-refractivity contribution in [2.75, 3.05) is 18.5 Å². The number of thiazole rings is 1. The van der Waals surface area contributed by atoms with Crippen LogP contribution in [0, 0.1) is 0 Å². The molecule has 11 heteroatoms. The summed E-state index contributed by atoms with van der Waals surface area (Å²) in [7, 11) is 0. The number of hydrogen-bond acceptors (Lipinski definition) is 5. The summed E-state index contributed by atoms with van der Waals surface area (Å²) in [5.41, 5.74) is 1.32. The molecule has 0 spiro atoms. The first-order valence-electron chi connectivity index (χ1n) is 7.22. The van der Waals surface area contributed by atoms with Crippen LogP contribution in [0.5, 0.6) is 0 Å². The van der Waals surface area contributed by atoms with E-state index in [0.29, 0.717) is 15.8 Å². The number of nitrogens with one attached hydrogen (secondary N) is 2. The average molecular weight is 408 g/mol. The molecule has 0 aliphatic rings. The molecule has 0 unspecified atom stereocenters. The molecule has 1 aromatic heterocycles. The zero-order chi connectivity index (χ0) is 19.2. The van der Waals surface area contributed by atoms with E-state index in [4.69, 9.17) is 11.6 Å². The molecular formula is C15H13ClF3N3O3S. The summed E-state index contributed by atoms with van der Waals surface area (Å²) >= 11 is 7.27. The van der Waals surface area contributed by atoms with Gasteiger partial charge >= 0.3 is 12.3 Å². The lowest BCUT2D eigenvalue weighted by Crippen LogP contribution is -2.31. The summed E-state index contributed by atoms with van der Waals surface area (Å²) in [6.45, 7) is -1.86. The molecule has 0 saturated heterocycles. The number of carbonyl (C=O) groups excluding carboxylic acids is 2. The standard InChI is InChI=1S/C15H13ClF3N3O3S/c16-10-4-2-1-3-9(10)11-7-26-13(21-11)22-12(23)5-6-20-14(24)25-8-15(17,18)19/h1-4,7H,5-6,8H2,(H,20,24)(H,21,22,23). The van der Waals surface area contributed by atoms with Crippen molar-refractivity contribution in [3.63, 3.8) is 0 Å². The number of alkyl carbamates (subject to hydrolysis) is 1. The Balaban J connectivity index is 1.77. The Kier molecular flexibility index (Phi) is 6.81. The van der Waals surface area contributed by atoms with Crippen LogP contribution in [0.4, 0.5) is 23.1 Å². The molecule has 0 radical (unpaired) electrons. The van der Waals surface area contributed by atoms with Gasteiger partial charge < -0.3 is 15.4 Å². The van der Waals surface area contributed by atoms with Crippen molar-refractivity contribution in [2.45, 2.75) is 12.6 Å². The van der Waals surface area contributed by atoms with E-state index in [2.05, 4.69) is 20.4 Å². The van der Waals surface area contributed by atoms with Gasteiger partial charge in [-0.3, -0.25) is 4.79 Å². The third-order valence-electron chi connectivity index (χ3n) is 2.89. The lowest BCUT2D eigenvalue weighted by atomic mass is 10.2. The van der Waals surface area contributed by atoms with E-state index in [-0.39, 0.29) is 13.0 Å². The first-order chi connectivity index (χ1) is 12.2. The average Bonchev–Trinajstić information content (AvgIpc) is 3.01. The number of rotatable bonds is 6. The van der Waals surface area contributed by atoms with E-state index >= 15 is 0 Å². The van der Waals surface area contributed by atoms with Gasteiger partial charge in [0.25, 0.3) is 0 Å². The number of hydrogen-bond donors (Lipinski definition) is 2. The molecular weight excluding hydrogens is 395 g/mol. The highest BCUT2D eigenvalue weighted by Gasteiger charge is 2.29. The molecule has 1 aromatic carbocycles. The lowest BCUT2D eigenvalue weighted by Gasteiger charge is -2.08. The fraction of sp³-hybridized carbons (Fsp3) is 0.267. The monoisotopic (exact) mass is 407 g/mol. The Morgan fingerprint density at radius 1 is 1.27 bits per heavy atom. The molecule has 6 nitrogen and oxygen atoms in total. The number of amides is 2. The van der Waals surface area contributed by atoms with E-state index in [1.165, 1.54) is 11.3 Å². The highest BCUT2D eigenvalue weighted by molar-refractivity contribution is 7.14. The molecule has 0 fully saturated rings. The van der Waals surface area contributed by atoms with Gasteiger partial charge in [-0.2, -0.15) is 13.2 Å². The highest BCUT2D eigenvalue weighted by Crippen LogP contribution is 2.30. The van der Waals surface area contributed by atoms with Gasteiger partial charge in [-0.25, -0.2) is 9.78 Å². The molecule has 26 heavy (non-hydrogen) atoms. The Hall–Kier alpha value is -2.33. The second-order valence-electron chi connectivity index (χ2n) is 4.93. The van der Waals surface area contributed by atoms with E-state index in [1.54, 1.807) is 23.6 Å². The van der Waals surface area contributed by atoms with Crippen LogP contribution in [-0.4, -0.2) is 36.3 Å². The van der Waals surface area contributed by atoms with Gasteiger partial charge in [0.05, 0.1) is 5.69 Å². The molecule has 0 bridgehead atoms. The van der Waals surface area contributed by atoms with Crippen LogP contribution in [-0.2, 0) is 9.53 Å². The molecule has 2 aromatic rings. The van der Waals surface area contributed by atoms with E-state index < -0.39 is 24.8 Å². The Labute approximate surface area is 155 Å². The zero-order valence-corrected chi connectivity index (χ0v) is 14.7. The van der Waals surface area contributed by atoms with Crippen molar-refractivity contribution < 1.29 is 27.5 Å². The molecule has 1 heterocycles. The topological polar surface area (TPSA) is 80.3 Å². The van der Waals surface area contributed by atoms with Crippen LogP contribution >= 0.6 is 22.9 Å². The van der Waals surface area contributed by atoms with Crippen LogP contribution in [0.15, 0.2) is 29.6 Å². The Morgan fingerprint density at radius 2 is 2.00 bits per heavy atom. The summed E-state index contributed by atoms with van der Waals surface area (Å²) < 4.78 is 39.6. The summed E-state index contributed by atoms with van der Waals surface area (Å²) in [5, 5.41) is 7.18. The van der Waals surface area contributed by atoms with Crippen LogP contribution in [0.3, 0.4) is 0 Å².